The number of halogens is 1. The Morgan fingerprint density at radius 1 is 1.45 bits per heavy atom. The number of para-hydroxylation sites is 1. The number of piperidine rings is 1. The molecule has 2 rings (SSSR count). The predicted octanol–water partition coefficient (Wildman–Crippen LogP) is 1.19. The monoisotopic (exact) mass is 341 g/mol. The zero-order chi connectivity index (χ0) is 14.5. The highest BCUT2D eigenvalue weighted by molar-refractivity contribution is 9.10. The average molecular weight is 342 g/mol. The maximum atomic E-state index is 10.9. The standard InChI is InChI=1S/C14H20BrN3O2/c15-12-3-1-2-10(14(12)20)8-17-11-4-6-18(7-5-11)9-13(16)19/h1-3,11,17,20H,4-9H2,(H2,16,19). The van der Waals surface area contributed by atoms with E-state index in [0.29, 0.717) is 29.4 Å². The molecule has 0 aliphatic carbocycles. The minimum absolute atomic E-state index is 0.268. The van der Waals surface area contributed by atoms with Gasteiger partial charge in [0, 0.05) is 31.2 Å². The zero-order valence-corrected chi connectivity index (χ0v) is 12.9. The number of primary amides is 1. The minimum Gasteiger partial charge on any atom is -0.506 e. The van der Waals surface area contributed by atoms with Gasteiger partial charge in [-0.05, 0) is 34.8 Å². The first-order valence-corrected chi connectivity index (χ1v) is 7.56. The number of nitrogens with one attached hydrogen (secondary N) is 1. The van der Waals surface area contributed by atoms with Crippen molar-refractivity contribution in [3.63, 3.8) is 0 Å². The zero-order valence-electron chi connectivity index (χ0n) is 11.3. The highest BCUT2D eigenvalue weighted by atomic mass is 79.9. The number of hydrogen-bond donors (Lipinski definition) is 3. The summed E-state index contributed by atoms with van der Waals surface area (Å²) < 4.78 is 0.716. The van der Waals surface area contributed by atoms with Crippen LogP contribution in [0.3, 0.4) is 0 Å². The van der Waals surface area contributed by atoms with Crippen molar-refractivity contribution in [2.45, 2.75) is 25.4 Å². The fraction of sp³-hybridized carbons (Fsp3) is 0.500. The van der Waals surface area contributed by atoms with Gasteiger partial charge in [-0.25, -0.2) is 0 Å². The molecule has 0 bridgehead atoms. The lowest BCUT2D eigenvalue weighted by Crippen LogP contribution is -2.45. The molecule has 1 aromatic rings. The Bertz CT molecular complexity index is 473. The average Bonchev–Trinajstić information content (AvgIpc) is 2.41. The van der Waals surface area contributed by atoms with Gasteiger partial charge in [-0.15, -0.1) is 0 Å². The van der Waals surface area contributed by atoms with E-state index in [1.807, 2.05) is 18.2 Å². The molecule has 0 radical (unpaired) electrons. The van der Waals surface area contributed by atoms with E-state index in [-0.39, 0.29) is 5.91 Å². The largest absolute Gasteiger partial charge is 0.506 e. The number of benzene rings is 1. The third kappa shape index (κ3) is 4.19. The molecule has 0 spiro atoms. The smallest absolute Gasteiger partial charge is 0.231 e. The summed E-state index contributed by atoms with van der Waals surface area (Å²) in [5.41, 5.74) is 6.08. The molecule has 1 aliphatic rings. The lowest BCUT2D eigenvalue weighted by atomic mass is 10.0. The Labute approximate surface area is 127 Å². The molecule has 0 saturated carbocycles. The minimum atomic E-state index is -0.268. The number of nitrogens with two attached hydrogens (primary N) is 1. The molecule has 20 heavy (non-hydrogen) atoms. The molecule has 110 valence electrons. The van der Waals surface area contributed by atoms with E-state index in [4.69, 9.17) is 5.73 Å². The van der Waals surface area contributed by atoms with Crippen molar-refractivity contribution < 1.29 is 9.90 Å². The SMILES string of the molecule is NC(=O)CN1CCC(NCc2cccc(Br)c2O)CC1. The number of phenolic OH excluding ortho intramolecular Hbond substituents is 1. The Kier molecular flexibility index (Phi) is 5.39. The van der Waals surface area contributed by atoms with Crippen LogP contribution in [-0.2, 0) is 11.3 Å². The molecule has 0 atom stereocenters. The quantitative estimate of drug-likeness (QED) is 0.751. The van der Waals surface area contributed by atoms with Crippen LogP contribution in [0.25, 0.3) is 0 Å². The van der Waals surface area contributed by atoms with Crippen LogP contribution in [0, 0.1) is 0 Å². The Morgan fingerprint density at radius 3 is 2.80 bits per heavy atom. The van der Waals surface area contributed by atoms with Crippen LogP contribution < -0.4 is 11.1 Å². The molecule has 1 fully saturated rings. The summed E-state index contributed by atoms with van der Waals surface area (Å²) in [7, 11) is 0. The number of aromatic hydroxyl groups is 1. The highest BCUT2D eigenvalue weighted by Crippen LogP contribution is 2.27. The molecule has 0 aromatic heterocycles. The normalized spacial score (nSPS) is 17.2. The number of amides is 1. The molecule has 1 aromatic carbocycles. The van der Waals surface area contributed by atoms with Gasteiger partial charge in [-0.3, -0.25) is 9.69 Å². The third-order valence-corrected chi connectivity index (χ3v) is 4.26. The molecule has 1 aliphatic heterocycles. The molecular weight excluding hydrogens is 322 g/mol. The lowest BCUT2D eigenvalue weighted by Gasteiger charge is -2.31. The van der Waals surface area contributed by atoms with E-state index in [2.05, 4.69) is 26.1 Å². The van der Waals surface area contributed by atoms with Gasteiger partial charge < -0.3 is 16.2 Å². The van der Waals surface area contributed by atoms with E-state index in [1.54, 1.807) is 0 Å². The van der Waals surface area contributed by atoms with Gasteiger partial charge in [0.25, 0.3) is 0 Å². The maximum absolute atomic E-state index is 10.9. The molecule has 1 heterocycles. The Balaban J connectivity index is 1.79. The molecule has 6 heteroatoms. The van der Waals surface area contributed by atoms with Gasteiger partial charge >= 0.3 is 0 Å². The summed E-state index contributed by atoms with van der Waals surface area (Å²) in [5.74, 6) is 0.0293. The second-order valence-electron chi connectivity index (χ2n) is 5.15. The van der Waals surface area contributed by atoms with Crippen LogP contribution in [0.5, 0.6) is 5.75 Å². The Hall–Kier alpha value is -1.11. The van der Waals surface area contributed by atoms with Gasteiger partial charge in [0.1, 0.15) is 5.75 Å². The van der Waals surface area contributed by atoms with Crippen LogP contribution in [0.2, 0.25) is 0 Å². The molecule has 1 saturated heterocycles. The second kappa shape index (κ2) is 7.06. The molecule has 5 nitrogen and oxygen atoms in total. The fourth-order valence-corrected chi connectivity index (χ4v) is 2.88. The number of rotatable bonds is 5. The van der Waals surface area contributed by atoms with Crippen LogP contribution in [-0.4, -0.2) is 41.6 Å². The van der Waals surface area contributed by atoms with Crippen LogP contribution >= 0.6 is 15.9 Å². The van der Waals surface area contributed by atoms with E-state index < -0.39 is 0 Å². The van der Waals surface area contributed by atoms with E-state index in [9.17, 15) is 9.90 Å². The number of hydrogen-bond acceptors (Lipinski definition) is 4. The van der Waals surface area contributed by atoms with Gasteiger partial charge in [-0.1, -0.05) is 12.1 Å². The van der Waals surface area contributed by atoms with Crippen LogP contribution in [0.1, 0.15) is 18.4 Å². The van der Waals surface area contributed by atoms with Crippen molar-refractivity contribution in [2.24, 2.45) is 5.73 Å². The maximum Gasteiger partial charge on any atom is 0.231 e. The van der Waals surface area contributed by atoms with Crippen molar-refractivity contribution in [2.75, 3.05) is 19.6 Å². The Morgan fingerprint density at radius 2 is 2.15 bits per heavy atom. The van der Waals surface area contributed by atoms with Crippen molar-refractivity contribution in [1.29, 1.82) is 0 Å². The summed E-state index contributed by atoms with van der Waals surface area (Å²) in [6.07, 6.45) is 1.98. The van der Waals surface area contributed by atoms with Gasteiger partial charge in [0.05, 0.1) is 11.0 Å². The number of nitrogens with zero attached hydrogens (tertiary/aromatic N) is 1. The van der Waals surface area contributed by atoms with Crippen molar-refractivity contribution in [3.8, 4) is 5.75 Å². The number of carbonyl (C=O) groups is 1. The van der Waals surface area contributed by atoms with Crippen molar-refractivity contribution in [3.05, 3.63) is 28.2 Å². The van der Waals surface area contributed by atoms with Gasteiger partial charge in [0.2, 0.25) is 5.91 Å². The molecule has 1 amide bonds. The first-order valence-electron chi connectivity index (χ1n) is 6.76. The molecular formula is C14H20BrN3O2. The van der Waals surface area contributed by atoms with Gasteiger partial charge in [-0.2, -0.15) is 0 Å². The number of likely N-dealkylation sites (tertiary alicyclic amines) is 1. The molecule has 0 unspecified atom stereocenters. The molecule has 4 N–H and O–H groups in total. The third-order valence-electron chi connectivity index (χ3n) is 3.62. The first-order chi connectivity index (χ1) is 9.56. The first kappa shape index (κ1) is 15.3. The number of phenols is 1. The van der Waals surface area contributed by atoms with Crippen LogP contribution in [0.4, 0.5) is 0 Å². The lowest BCUT2D eigenvalue weighted by molar-refractivity contribution is -0.119. The van der Waals surface area contributed by atoms with E-state index in [0.717, 1.165) is 31.5 Å². The van der Waals surface area contributed by atoms with Crippen LogP contribution in [0.15, 0.2) is 22.7 Å². The second-order valence-corrected chi connectivity index (χ2v) is 6.00. The van der Waals surface area contributed by atoms with E-state index in [1.165, 1.54) is 0 Å². The topological polar surface area (TPSA) is 78.6 Å². The fourth-order valence-electron chi connectivity index (χ4n) is 2.47. The summed E-state index contributed by atoms with van der Waals surface area (Å²) in [6.45, 7) is 2.75. The summed E-state index contributed by atoms with van der Waals surface area (Å²) in [6, 6.07) is 6.06. The van der Waals surface area contributed by atoms with Gasteiger partial charge in [0.15, 0.2) is 0 Å². The van der Waals surface area contributed by atoms with E-state index >= 15 is 0 Å². The van der Waals surface area contributed by atoms with Crippen molar-refractivity contribution in [1.82, 2.24) is 10.2 Å². The highest BCUT2D eigenvalue weighted by Gasteiger charge is 2.19. The summed E-state index contributed by atoms with van der Waals surface area (Å²) >= 11 is 3.31. The predicted molar refractivity (Wildman–Crippen MR) is 81.3 cm³/mol. The number of carbonyl (C=O) groups excluding carboxylic acids is 1. The summed E-state index contributed by atoms with van der Waals surface area (Å²) in [4.78, 5) is 12.9. The van der Waals surface area contributed by atoms with Crippen molar-refractivity contribution >= 4 is 21.8 Å². The summed E-state index contributed by atoms with van der Waals surface area (Å²) in [5, 5.41) is 13.4.